The van der Waals surface area contributed by atoms with Crippen molar-refractivity contribution in [3.05, 3.63) is 77.2 Å². The fraction of sp³-hybridized carbons (Fsp3) is 0.208. The molecule has 2 amide bonds. The molecule has 1 aliphatic heterocycles. The van der Waals surface area contributed by atoms with Crippen LogP contribution in [0, 0.1) is 5.82 Å². The topological polar surface area (TPSA) is 65.5 Å². The highest BCUT2D eigenvalue weighted by Crippen LogP contribution is 2.23. The van der Waals surface area contributed by atoms with Gasteiger partial charge < -0.3 is 10.2 Å². The van der Waals surface area contributed by atoms with E-state index < -0.39 is 0 Å². The monoisotopic (exact) mass is 454 g/mol. The Balaban J connectivity index is 0.00000289. The summed E-state index contributed by atoms with van der Waals surface area (Å²) in [6.07, 6.45) is 4.83. The number of halogens is 2. The van der Waals surface area contributed by atoms with E-state index in [1.165, 1.54) is 12.1 Å². The minimum atomic E-state index is -0.272. The van der Waals surface area contributed by atoms with Crippen molar-refractivity contribution < 1.29 is 14.0 Å². The molecule has 0 saturated carbocycles. The lowest BCUT2D eigenvalue weighted by Gasteiger charge is -2.17. The van der Waals surface area contributed by atoms with E-state index in [0.29, 0.717) is 30.8 Å². The zero-order valence-electron chi connectivity index (χ0n) is 17.8. The van der Waals surface area contributed by atoms with Crippen molar-refractivity contribution >= 4 is 46.9 Å². The van der Waals surface area contributed by atoms with E-state index in [1.807, 2.05) is 30.1 Å². The maximum Gasteiger partial charge on any atom is 0.246 e. The van der Waals surface area contributed by atoms with E-state index >= 15 is 0 Å². The molecule has 1 aromatic heterocycles. The Bertz CT molecular complexity index is 1200. The van der Waals surface area contributed by atoms with Gasteiger partial charge in [-0.3, -0.25) is 14.5 Å². The van der Waals surface area contributed by atoms with Gasteiger partial charge in [0.2, 0.25) is 11.8 Å². The SMILES string of the molecule is CN1CC(=O)Nc2ncc(C=CC(=O)N(C)Cc3ccc(F)c4ccccc34)cc2C1.Cl. The van der Waals surface area contributed by atoms with Gasteiger partial charge in [-0.05, 0) is 41.8 Å². The molecule has 8 heteroatoms. The van der Waals surface area contributed by atoms with Gasteiger partial charge in [-0.15, -0.1) is 12.4 Å². The van der Waals surface area contributed by atoms with Gasteiger partial charge in [0.05, 0.1) is 6.54 Å². The van der Waals surface area contributed by atoms with Crippen LogP contribution in [-0.4, -0.2) is 47.2 Å². The third-order valence-electron chi connectivity index (χ3n) is 5.26. The Kier molecular flexibility index (Phi) is 7.22. The molecule has 6 nitrogen and oxygen atoms in total. The van der Waals surface area contributed by atoms with Crippen LogP contribution in [0.1, 0.15) is 16.7 Å². The van der Waals surface area contributed by atoms with Gasteiger partial charge in [0.25, 0.3) is 0 Å². The van der Waals surface area contributed by atoms with Gasteiger partial charge >= 0.3 is 0 Å². The van der Waals surface area contributed by atoms with Crippen molar-refractivity contribution in [3.63, 3.8) is 0 Å². The average Bonchev–Trinajstić information content (AvgIpc) is 2.89. The molecule has 4 rings (SSSR count). The molecule has 0 aliphatic carbocycles. The summed E-state index contributed by atoms with van der Waals surface area (Å²) in [5, 5.41) is 4.14. The Hall–Kier alpha value is -3.29. The van der Waals surface area contributed by atoms with Gasteiger partial charge in [-0.2, -0.15) is 0 Å². The highest BCUT2D eigenvalue weighted by Gasteiger charge is 2.17. The Morgan fingerprint density at radius 3 is 2.75 bits per heavy atom. The summed E-state index contributed by atoms with van der Waals surface area (Å²) in [6, 6.07) is 12.3. The molecule has 0 spiro atoms. The lowest BCUT2D eigenvalue weighted by atomic mass is 10.0. The zero-order chi connectivity index (χ0) is 22.0. The molecule has 1 aliphatic rings. The largest absolute Gasteiger partial charge is 0.338 e. The van der Waals surface area contributed by atoms with Crippen molar-refractivity contribution in [2.24, 2.45) is 0 Å². The van der Waals surface area contributed by atoms with Gasteiger partial charge in [-0.1, -0.05) is 30.3 Å². The maximum absolute atomic E-state index is 14.0. The first-order valence-corrected chi connectivity index (χ1v) is 9.97. The Morgan fingerprint density at radius 1 is 1.22 bits per heavy atom. The second-order valence-corrected chi connectivity index (χ2v) is 7.78. The van der Waals surface area contributed by atoms with E-state index in [1.54, 1.807) is 42.4 Å². The number of likely N-dealkylation sites (N-methyl/N-ethyl adjacent to an activating group) is 2. The molecule has 0 radical (unpaired) electrons. The number of anilines is 1. The number of rotatable bonds is 4. The summed E-state index contributed by atoms with van der Waals surface area (Å²) in [7, 11) is 3.58. The van der Waals surface area contributed by atoms with E-state index in [4.69, 9.17) is 0 Å². The average molecular weight is 455 g/mol. The van der Waals surface area contributed by atoms with Gasteiger partial charge in [0, 0.05) is 43.4 Å². The number of nitrogens with zero attached hydrogens (tertiary/aromatic N) is 3. The minimum Gasteiger partial charge on any atom is -0.338 e. The third kappa shape index (κ3) is 5.12. The smallest absolute Gasteiger partial charge is 0.246 e. The number of carbonyl (C=O) groups excluding carboxylic acids is 2. The van der Waals surface area contributed by atoms with Crippen LogP contribution in [-0.2, 0) is 22.7 Å². The van der Waals surface area contributed by atoms with Crippen molar-refractivity contribution in [2.45, 2.75) is 13.1 Å². The first-order chi connectivity index (χ1) is 14.9. The Morgan fingerprint density at radius 2 is 1.97 bits per heavy atom. The highest BCUT2D eigenvalue weighted by molar-refractivity contribution is 5.94. The third-order valence-corrected chi connectivity index (χ3v) is 5.26. The summed E-state index contributed by atoms with van der Waals surface area (Å²) >= 11 is 0. The summed E-state index contributed by atoms with van der Waals surface area (Å²) in [6.45, 7) is 1.26. The lowest BCUT2D eigenvalue weighted by molar-refractivity contribution is -0.125. The zero-order valence-corrected chi connectivity index (χ0v) is 18.7. The summed E-state index contributed by atoms with van der Waals surface area (Å²) in [4.78, 5) is 32.3. The number of hydrogen-bond acceptors (Lipinski definition) is 4. The molecule has 0 unspecified atom stereocenters. The van der Waals surface area contributed by atoms with Crippen molar-refractivity contribution in [1.29, 1.82) is 0 Å². The van der Waals surface area contributed by atoms with Crippen molar-refractivity contribution in [1.82, 2.24) is 14.8 Å². The number of aromatic nitrogens is 1. The molecule has 0 bridgehead atoms. The number of hydrogen-bond donors (Lipinski definition) is 1. The predicted octanol–water partition coefficient (Wildman–Crippen LogP) is 3.85. The van der Waals surface area contributed by atoms with E-state index in [0.717, 1.165) is 22.1 Å². The van der Waals surface area contributed by atoms with Crippen LogP contribution < -0.4 is 5.32 Å². The van der Waals surface area contributed by atoms with Crippen LogP contribution in [0.2, 0.25) is 0 Å². The molecule has 2 heterocycles. The molecule has 0 saturated heterocycles. The van der Waals surface area contributed by atoms with Crippen LogP contribution in [0.5, 0.6) is 0 Å². The summed E-state index contributed by atoms with van der Waals surface area (Å²) in [5.41, 5.74) is 2.55. The summed E-state index contributed by atoms with van der Waals surface area (Å²) < 4.78 is 14.0. The van der Waals surface area contributed by atoms with Crippen LogP contribution in [0.3, 0.4) is 0 Å². The standard InChI is InChI=1S/C24H23FN4O2.ClH/c1-28-13-18-11-16(12-26-24(18)27-22(30)15-28)7-10-23(31)29(2)14-17-8-9-21(25)20-6-4-3-5-19(17)20;/h3-12H,13-15H2,1-2H3,(H,26,27,30);1H. The van der Waals surface area contributed by atoms with Crippen LogP contribution in [0.25, 0.3) is 16.8 Å². The summed E-state index contributed by atoms with van der Waals surface area (Å²) in [5.74, 6) is 0.0137. The van der Waals surface area contributed by atoms with E-state index in [9.17, 15) is 14.0 Å². The second-order valence-electron chi connectivity index (χ2n) is 7.78. The first-order valence-electron chi connectivity index (χ1n) is 9.97. The van der Waals surface area contributed by atoms with E-state index in [2.05, 4.69) is 10.3 Å². The molecular weight excluding hydrogens is 431 g/mol. The molecule has 32 heavy (non-hydrogen) atoms. The van der Waals surface area contributed by atoms with E-state index in [-0.39, 0.29) is 30.0 Å². The number of carbonyl (C=O) groups is 2. The number of amides is 2. The van der Waals surface area contributed by atoms with Gasteiger partial charge in [0.1, 0.15) is 11.6 Å². The maximum atomic E-state index is 14.0. The van der Waals surface area contributed by atoms with Crippen molar-refractivity contribution in [3.8, 4) is 0 Å². The van der Waals surface area contributed by atoms with Crippen molar-refractivity contribution in [2.75, 3.05) is 26.0 Å². The number of pyridine rings is 1. The molecule has 2 aromatic carbocycles. The Labute approximate surface area is 192 Å². The molecule has 1 N–H and O–H groups in total. The number of nitrogens with one attached hydrogen (secondary N) is 1. The molecule has 0 atom stereocenters. The highest BCUT2D eigenvalue weighted by atomic mass is 35.5. The normalized spacial score (nSPS) is 13.9. The quantitative estimate of drug-likeness (QED) is 0.608. The minimum absolute atomic E-state index is 0. The molecule has 3 aromatic rings. The molecule has 0 fully saturated rings. The first kappa shape index (κ1) is 23.4. The van der Waals surface area contributed by atoms with Crippen LogP contribution >= 0.6 is 12.4 Å². The fourth-order valence-corrected chi connectivity index (χ4v) is 3.71. The van der Waals surface area contributed by atoms with Gasteiger partial charge in [-0.25, -0.2) is 9.37 Å². The number of fused-ring (bicyclic) bond motifs is 2. The lowest BCUT2D eigenvalue weighted by Crippen LogP contribution is -2.26. The van der Waals surface area contributed by atoms with Crippen LogP contribution in [0.4, 0.5) is 10.2 Å². The molecular formula is C24H24ClFN4O2. The predicted molar refractivity (Wildman–Crippen MR) is 126 cm³/mol. The fourth-order valence-electron chi connectivity index (χ4n) is 3.71. The van der Waals surface area contributed by atoms with Gasteiger partial charge in [0.15, 0.2) is 0 Å². The number of benzene rings is 2. The second kappa shape index (κ2) is 9.89. The van der Waals surface area contributed by atoms with Crippen LogP contribution in [0.15, 0.2) is 54.7 Å². The molecule has 166 valence electrons.